The molecule has 6 heterocycles. The monoisotopic (exact) mass is 1890 g/mol. The van der Waals surface area contributed by atoms with Gasteiger partial charge < -0.3 is 57.1 Å². The van der Waals surface area contributed by atoms with Crippen LogP contribution in [0.1, 0.15) is 202 Å². The smallest absolute Gasteiger partial charge is 1.00 e. The zero-order valence-electron chi connectivity index (χ0n) is 84.2. The van der Waals surface area contributed by atoms with Gasteiger partial charge in [-0.1, -0.05) is 355 Å². The van der Waals surface area contributed by atoms with Gasteiger partial charge in [0.15, 0.2) is 38.0 Å². The fourth-order valence-electron chi connectivity index (χ4n) is 18.9. The molecule has 0 saturated carbocycles. The summed E-state index contributed by atoms with van der Waals surface area (Å²) in [6, 6.07) is 70.3. The van der Waals surface area contributed by atoms with Crippen molar-refractivity contribution in [3.8, 4) is 34.1 Å². The molecule has 0 N–H and O–H groups in total. The Hall–Kier alpha value is -11.7. The minimum absolute atomic E-state index is 0. The van der Waals surface area contributed by atoms with E-state index in [2.05, 4.69) is 513 Å². The van der Waals surface area contributed by atoms with Gasteiger partial charge in [-0.25, -0.2) is 0 Å². The summed E-state index contributed by atoms with van der Waals surface area (Å²) in [5.74, 6) is 0. The molecule has 0 fully saturated rings. The molecule has 0 amide bonds. The van der Waals surface area contributed by atoms with Gasteiger partial charge in [-0.3, -0.25) is 0 Å². The summed E-state index contributed by atoms with van der Waals surface area (Å²) in [7, 11) is 1.32. The van der Waals surface area contributed by atoms with Gasteiger partial charge in [0.25, 0.3) is 0 Å². The first-order chi connectivity index (χ1) is 63.3. The van der Waals surface area contributed by atoms with Crippen molar-refractivity contribution in [1.82, 2.24) is 27.4 Å². The molecule has 16 rings (SSSR count). The maximum Gasteiger partial charge on any atom is 2.00 e. The minimum Gasteiger partial charge on any atom is -1.00 e. The van der Waals surface area contributed by atoms with E-state index in [-0.39, 0.29) is 37.0 Å². The number of imidazole rings is 6. The standard InChI is InChI=1S/2C48H49BN6P.3C5H12.2Fe.2N2.2H/c2*1-35-25-38(4)46(39(5)26-35)50-19-22-53(32-50)49(44-15-11-9-12-16-44,54-23-20-51(33-54)47-40(6)27-36(2)28-41(47)7)55-24-21-52(34-55)48-42(8)29-37(3)30-43(48)31-56-45-17-13-10-14-18-45;3*1-3-5-4-2;;;2*1-2;;/h2*9-30,56H,31H2,1-8H3;3*3-5H2,1-2H3;;;;;;/q2*-1;;;;2*+2;;;2*-1. The Balaban J connectivity index is 0.000000340. The predicted molar refractivity (Wildman–Crippen MR) is 542 cm³/mol. The number of aromatic nitrogens is 12. The number of nitrogens with zero attached hydrogens (tertiary/aromatic N) is 16. The minimum atomic E-state index is -2.06. The zero-order chi connectivity index (χ0) is 94.6. The molecule has 0 aliphatic heterocycles. The van der Waals surface area contributed by atoms with Crippen molar-refractivity contribution in [2.24, 2.45) is 0 Å². The predicted octanol–water partition coefficient (Wildman–Crippen LogP) is 21.0. The molecule has 2 unspecified atom stereocenters. The third kappa shape index (κ3) is 25.2. The molecular formula is C111H136B2Fe2N16P2. The number of rotatable bonds is 26. The van der Waals surface area contributed by atoms with E-state index in [1.54, 1.807) is 0 Å². The first kappa shape index (κ1) is 107. The fraction of sp³-hybridized carbons (Fsp3) is 0.297. The van der Waals surface area contributed by atoms with Crippen LogP contribution >= 0.6 is 17.2 Å². The van der Waals surface area contributed by atoms with Gasteiger partial charge in [-0.15, -0.1) is 0 Å². The van der Waals surface area contributed by atoms with Crippen LogP contribution in [-0.4, -0.2) is 40.5 Å². The normalized spacial score (nSPS) is 11.0. The Morgan fingerprint density at radius 3 is 0.617 bits per heavy atom. The van der Waals surface area contributed by atoms with E-state index in [4.69, 9.17) is 21.6 Å². The third-order valence-electron chi connectivity index (χ3n) is 24.1. The molecule has 16 aromatic rings. The van der Waals surface area contributed by atoms with Crippen molar-refractivity contribution in [1.29, 1.82) is 21.6 Å². The topological polar surface area (TPSA) is 148 Å². The van der Waals surface area contributed by atoms with Crippen LogP contribution < -0.4 is 48.4 Å². The molecular weight excluding hydrogens is 1750 g/mol. The number of hydrogen-bond acceptors (Lipinski definition) is 4. The SMILES string of the molecule is CCCCC.CCCCC.CCCCC.Cc1cc(C)c(-n2[c-][n+]([B-](c3ccccc3)([n+]3[c-]n(-c4c(C)cc(C)cc4C)cc3)[n+]3[c-]n(-c4c(C)cc(C)cc4CPc4ccccc4)cc3)cc2)c(C)c1.Cc1cc(C)c(-n2[c-][n+]([B-](c3ccccc3)([n+]3[c-]n(-c4c(C)cc(C)cc4C)cc3)[n+]3[c-]n(-c4c(C)cc(C)cc4CPc4ccccc4)cc3)cc2)c(C)c1.N#N.N#N.[Fe+2].[Fe+2].[H-].[H-]. The Bertz CT molecular complexity index is 5770. The quantitative estimate of drug-likeness (QED) is 0.0230. The van der Waals surface area contributed by atoms with Gasteiger partial charge in [0.2, 0.25) is 0 Å². The number of aryl methyl sites for hydroxylation is 16. The number of hydrogen-bond donors (Lipinski definition) is 0. The molecule has 0 aliphatic rings. The second-order valence-corrected chi connectivity index (χ2v) is 37.6. The van der Waals surface area contributed by atoms with Gasteiger partial charge in [0.05, 0.1) is 34.1 Å². The molecule has 133 heavy (non-hydrogen) atoms. The van der Waals surface area contributed by atoms with E-state index in [1.165, 1.54) is 180 Å². The molecule has 6 aromatic heterocycles. The van der Waals surface area contributed by atoms with Gasteiger partial charge in [0, 0.05) is 58.8 Å². The molecule has 2 atom stereocenters. The van der Waals surface area contributed by atoms with Crippen molar-refractivity contribution >= 4 is 51.8 Å². The maximum absolute atomic E-state index is 6.00. The van der Waals surface area contributed by atoms with Crippen molar-refractivity contribution < 1.29 is 63.9 Å². The van der Waals surface area contributed by atoms with Crippen molar-refractivity contribution in [2.45, 2.75) is 222 Å². The van der Waals surface area contributed by atoms with Crippen LogP contribution in [0, 0.1) is 170 Å². The van der Waals surface area contributed by atoms with E-state index in [0.29, 0.717) is 17.2 Å². The van der Waals surface area contributed by atoms with E-state index in [1.807, 2.05) is 0 Å². The second kappa shape index (κ2) is 51.0. The third-order valence-corrected chi connectivity index (χ3v) is 26.7. The molecule has 0 spiro atoms. The molecule has 0 saturated heterocycles. The zero-order valence-corrected chi connectivity index (χ0v) is 86.4. The molecule has 0 aliphatic carbocycles. The first-order valence-corrected chi connectivity index (χ1v) is 48.8. The molecule has 16 nitrogen and oxygen atoms in total. The van der Waals surface area contributed by atoms with Crippen molar-refractivity contribution in [3.63, 3.8) is 0 Å². The molecule has 0 bridgehead atoms. The van der Waals surface area contributed by atoms with Crippen molar-refractivity contribution in [2.75, 3.05) is 0 Å². The Kier molecular flexibility index (Phi) is 40.9. The summed E-state index contributed by atoms with van der Waals surface area (Å²) >= 11 is 0. The second-order valence-electron chi connectivity index (χ2n) is 35.0. The van der Waals surface area contributed by atoms with Crippen molar-refractivity contribution in [3.05, 3.63) is 407 Å². The van der Waals surface area contributed by atoms with Gasteiger partial charge >= 0.3 is 47.2 Å². The van der Waals surface area contributed by atoms with Gasteiger partial charge in [0.1, 0.15) is 0 Å². The maximum atomic E-state index is 6.00. The number of unbranched alkanes of at least 4 members (excludes halogenated alkanes) is 6. The Labute approximate surface area is 821 Å². The van der Waals surface area contributed by atoms with E-state index in [9.17, 15) is 0 Å². The van der Waals surface area contributed by atoms with Crippen LogP contribution in [0.15, 0.2) is 268 Å². The average molecular weight is 1890 g/mol. The van der Waals surface area contributed by atoms with Crippen LogP contribution in [0.3, 0.4) is 0 Å². The van der Waals surface area contributed by atoms with Crippen LogP contribution in [0.5, 0.6) is 0 Å². The summed E-state index contributed by atoms with van der Waals surface area (Å²) < 4.78 is 26.3. The van der Waals surface area contributed by atoms with Gasteiger partial charge in [-0.05, 0) is 238 Å². The van der Waals surface area contributed by atoms with E-state index in [0.717, 1.165) is 46.0 Å². The molecule has 10 aromatic carbocycles. The molecule has 22 heteroatoms. The largest absolute Gasteiger partial charge is 2.00 e. The molecule has 0 radical (unpaired) electrons. The van der Waals surface area contributed by atoms with Crippen LogP contribution in [0.2, 0.25) is 0 Å². The summed E-state index contributed by atoms with van der Waals surface area (Å²) in [4.78, 5) is 0. The van der Waals surface area contributed by atoms with E-state index < -0.39 is 13.1 Å². The number of benzene rings is 10. The fourth-order valence-corrected chi connectivity index (χ4v) is 21.1. The molecule has 692 valence electrons. The van der Waals surface area contributed by atoms with Crippen LogP contribution in [0.25, 0.3) is 34.1 Å². The van der Waals surface area contributed by atoms with Crippen LogP contribution in [-0.2, 0) is 46.5 Å². The Morgan fingerprint density at radius 2 is 0.429 bits per heavy atom. The summed E-state index contributed by atoms with van der Waals surface area (Å²) in [6.45, 7) is 44.0. The Morgan fingerprint density at radius 1 is 0.256 bits per heavy atom. The summed E-state index contributed by atoms with van der Waals surface area (Å²) in [5.41, 5.74) is 31.3. The van der Waals surface area contributed by atoms with Crippen LogP contribution in [0.4, 0.5) is 0 Å². The first-order valence-electron chi connectivity index (χ1n) is 46.4. The van der Waals surface area contributed by atoms with E-state index >= 15 is 0 Å². The summed E-state index contributed by atoms with van der Waals surface area (Å²) in [6.07, 6.45) is 62.9. The van der Waals surface area contributed by atoms with Gasteiger partial charge in [-0.2, -0.15) is 0 Å². The summed E-state index contributed by atoms with van der Waals surface area (Å²) in [5, 5.41) is 26.7. The average Bonchev–Trinajstić information content (AvgIpc) is 1.58.